The molecule has 0 amide bonds. The lowest BCUT2D eigenvalue weighted by atomic mass is 10.2. The Morgan fingerprint density at radius 1 is 1.62 bits per heavy atom. The first-order chi connectivity index (χ1) is 7.47. The number of halogens is 2. The predicted molar refractivity (Wildman–Crippen MR) is 56.7 cm³/mol. The maximum atomic E-state index is 13.1. The molecule has 0 aliphatic heterocycles. The highest BCUT2D eigenvalue weighted by Crippen LogP contribution is 2.27. The van der Waals surface area contributed by atoms with Crippen LogP contribution < -0.4 is 0 Å². The molecule has 5 nitrogen and oxygen atoms in total. The van der Waals surface area contributed by atoms with Gasteiger partial charge in [0.05, 0.1) is 16.0 Å². The normalized spacial score (nSPS) is 9.94. The van der Waals surface area contributed by atoms with E-state index in [2.05, 4.69) is 20.7 Å². The molecule has 0 aliphatic carbocycles. The van der Waals surface area contributed by atoms with Crippen molar-refractivity contribution in [2.45, 2.75) is 6.92 Å². The summed E-state index contributed by atoms with van der Waals surface area (Å²) in [6.45, 7) is 1.62. The summed E-state index contributed by atoms with van der Waals surface area (Å²) in [7, 11) is 0. The Morgan fingerprint density at radius 3 is 2.75 bits per heavy atom. The number of hydrogen-bond acceptors (Lipinski definition) is 4. The molecular weight excluding hydrogens is 285 g/mol. The van der Waals surface area contributed by atoms with Gasteiger partial charge in [0.2, 0.25) is 0 Å². The topological polar surface area (TPSA) is 69.4 Å². The lowest BCUT2D eigenvalue weighted by Crippen LogP contribution is -2.08. The minimum Gasteiger partial charge on any atom is -0.462 e. The van der Waals surface area contributed by atoms with Crippen LogP contribution in [0.5, 0.6) is 0 Å². The molecule has 1 rings (SSSR count). The average Bonchev–Trinajstić information content (AvgIpc) is 2.21. The molecule has 0 aromatic heterocycles. The van der Waals surface area contributed by atoms with E-state index in [-0.39, 0.29) is 11.1 Å². The maximum Gasteiger partial charge on any atom is 0.345 e. The van der Waals surface area contributed by atoms with Crippen LogP contribution >= 0.6 is 15.9 Å². The molecule has 0 spiro atoms. The Balaban J connectivity index is 3.30. The van der Waals surface area contributed by atoms with E-state index in [0.29, 0.717) is 0 Å². The molecule has 0 aliphatic rings. The van der Waals surface area contributed by atoms with E-state index >= 15 is 0 Å². The molecule has 16 heavy (non-hydrogen) atoms. The maximum absolute atomic E-state index is 13.1. The van der Waals surface area contributed by atoms with E-state index in [0.717, 1.165) is 12.1 Å². The van der Waals surface area contributed by atoms with Crippen LogP contribution in [-0.2, 0) is 4.74 Å². The Morgan fingerprint density at radius 2 is 2.25 bits per heavy atom. The number of nitrogens with zero attached hydrogens (tertiary/aromatic N) is 1. The van der Waals surface area contributed by atoms with E-state index in [1.807, 2.05) is 0 Å². The van der Waals surface area contributed by atoms with E-state index in [1.165, 1.54) is 0 Å². The van der Waals surface area contributed by atoms with Crippen molar-refractivity contribution in [3.8, 4) is 0 Å². The monoisotopic (exact) mass is 291 g/mol. The van der Waals surface area contributed by atoms with Gasteiger partial charge in [0.1, 0.15) is 11.4 Å². The Bertz CT molecular complexity index is 449. The number of rotatable bonds is 3. The summed E-state index contributed by atoms with van der Waals surface area (Å²) >= 11 is 2.81. The zero-order valence-electron chi connectivity index (χ0n) is 8.20. The van der Waals surface area contributed by atoms with Crippen LogP contribution in [0.2, 0.25) is 0 Å². The van der Waals surface area contributed by atoms with Crippen molar-refractivity contribution in [2.75, 3.05) is 6.61 Å². The predicted octanol–water partition coefficient (Wildman–Crippen LogP) is 2.67. The quantitative estimate of drug-likeness (QED) is 0.488. The number of nitro groups is 1. The third-order valence-corrected chi connectivity index (χ3v) is 2.34. The number of hydrogen-bond donors (Lipinski definition) is 0. The first-order valence-electron chi connectivity index (χ1n) is 4.28. The number of benzene rings is 1. The van der Waals surface area contributed by atoms with Crippen LogP contribution in [0.4, 0.5) is 10.1 Å². The van der Waals surface area contributed by atoms with Gasteiger partial charge in [-0.05, 0) is 28.9 Å². The second-order valence-corrected chi connectivity index (χ2v) is 3.62. The molecule has 0 N–H and O–H groups in total. The molecule has 1 aromatic carbocycles. The molecule has 0 saturated carbocycles. The first kappa shape index (κ1) is 12.6. The lowest BCUT2D eigenvalue weighted by molar-refractivity contribution is -0.385. The van der Waals surface area contributed by atoms with Gasteiger partial charge in [-0.1, -0.05) is 0 Å². The lowest BCUT2D eigenvalue weighted by Gasteiger charge is -2.04. The minimum absolute atomic E-state index is 0.0632. The van der Waals surface area contributed by atoms with E-state index in [1.54, 1.807) is 6.92 Å². The molecule has 0 fully saturated rings. The van der Waals surface area contributed by atoms with Crippen molar-refractivity contribution in [2.24, 2.45) is 0 Å². The van der Waals surface area contributed by atoms with Crippen LogP contribution in [0.25, 0.3) is 0 Å². The summed E-state index contributed by atoms with van der Waals surface area (Å²) in [6, 6.07) is 1.71. The molecule has 0 heterocycles. The summed E-state index contributed by atoms with van der Waals surface area (Å²) in [5.74, 6) is -1.67. The zero-order valence-corrected chi connectivity index (χ0v) is 9.78. The van der Waals surface area contributed by atoms with Crippen molar-refractivity contribution in [1.29, 1.82) is 0 Å². The van der Waals surface area contributed by atoms with E-state index in [4.69, 9.17) is 0 Å². The Hall–Kier alpha value is -1.50. The number of esters is 1. The molecule has 0 radical (unpaired) electrons. The highest BCUT2D eigenvalue weighted by Gasteiger charge is 2.23. The fraction of sp³-hybridized carbons (Fsp3) is 0.222. The highest BCUT2D eigenvalue weighted by molar-refractivity contribution is 9.10. The van der Waals surface area contributed by atoms with Gasteiger partial charge in [0.15, 0.2) is 0 Å². The van der Waals surface area contributed by atoms with Gasteiger partial charge < -0.3 is 4.74 Å². The van der Waals surface area contributed by atoms with Crippen molar-refractivity contribution < 1.29 is 18.8 Å². The van der Waals surface area contributed by atoms with Gasteiger partial charge in [-0.15, -0.1) is 0 Å². The molecule has 0 bridgehead atoms. The van der Waals surface area contributed by atoms with Crippen molar-refractivity contribution in [3.63, 3.8) is 0 Å². The number of carbonyl (C=O) groups excluding carboxylic acids is 1. The fourth-order valence-corrected chi connectivity index (χ4v) is 1.39. The fourth-order valence-electron chi connectivity index (χ4n) is 1.06. The summed E-state index contributed by atoms with van der Waals surface area (Å²) in [5, 5.41) is 10.6. The third kappa shape index (κ3) is 2.54. The second-order valence-electron chi connectivity index (χ2n) is 2.76. The molecule has 1 aromatic rings. The molecule has 0 atom stereocenters. The van der Waals surface area contributed by atoms with Gasteiger partial charge in [-0.3, -0.25) is 10.1 Å². The largest absolute Gasteiger partial charge is 0.462 e. The SMILES string of the molecule is CCOC(=O)c1cc(F)c(Br)cc1[N+](=O)[O-]. The molecule has 86 valence electrons. The second kappa shape index (κ2) is 5.02. The number of nitro benzene ring substituents is 1. The summed E-state index contributed by atoms with van der Waals surface area (Å²) in [5.41, 5.74) is -0.890. The van der Waals surface area contributed by atoms with Crippen LogP contribution in [0, 0.1) is 15.9 Å². The summed E-state index contributed by atoms with van der Waals surface area (Å²) < 4.78 is 17.7. The molecule has 0 unspecified atom stereocenters. The summed E-state index contributed by atoms with van der Waals surface area (Å²) in [6.07, 6.45) is 0. The number of ether oxygens (including phenoxy) is 1. The number of carbonyl (C=O) groups is 1. The minimum atomic E-state index is -0.916. The van der Waals surface area contributed by atoms with Gasteiger partial charge in [0.25, 0.3) is 5.69 Å². The Labute approximate surface area is 98.5 Å². The molecular formula is C9H7BrFNO4. The van der Waals surface area contributed by atoms with E-state index < -0.39 is 28.0 Å². The van der Waals surface area contributed by atoms with Crippen LogP contribution in [0.1, 0.15) is 17.3 Å². The molecule has 0 saturated heterocycles. The van der Waals surface area contributed by atoms with Gasteiger partial charge in [0, 0.05) is 6.07 Å². The standard InChI is InChI=1S/C9H7BrFNO4/c1-2-16-9(13)5-3-7(11)6(10)4-8(5)12(14)15/h3-4H,2H2,1H3. The zero-order chi connectivity index (χ0) is 12.3. The van der Waals surface area contributed by atoms with E-state index in [9.17, 15) is 19.3 Å². The average molecular weight is 292 g/mol. The van der Waals surface area contributed by atoms with Crippen LogP contribution in [0.15, 0.2) is 16.6 Å². The van der Waals surface area contributed by atoms with Gasteiger partial charge in [-0.25, -0.2) is 9.18 Å². The summed E-state index contributed by atoms with van der Waals surface area (Å²) in [4.78, 5) is 21.2. The smallest absolute Gasteiger partial charge is 0.345 e. The Kier molecular flexibility index (Phi) is 3.94. The van der Waals surface area contributed by atoms with Crippen LogP contribution in [-0.4, -0.2) is 17.5 Å². The highest BCUT2D eigenvalue weighted by atomic mass is 79.9. The van der Waals surface area contributed by atoms with Gasteiger partial charge in [-0.2, -0.15) is 0 Å². The third-order valence-electron chi connectivity index (χ3n) is 1.73. The van der Waals surface area contributed by atoms with Gasteiger partial charge >= 0.3 is 5.97 Å². The van der Waals surface area contributed by atoms with Crippen molar-refractivity contribution in [1.82, 2.24) is 0 Å². The van der Waals surface area contributed by atoms with Crippen molar-refractivity contribution in [3.05, 3.63) is 38.1 Å². The molecule has 7 heteroatoms. The first-order valence-corrected chi connectivity index (χ1v) is 5.07. The van der Waals surface area contributed by atoms with Crippen LogP contribution in [0.3, 0.4) is 0 Å². The van der Waals surface area contributed by atoms with Crippen molar-refractivity contribution >= 4 is 27.6 Å².